The highest BCUT2D eigenvalue weighted by molar-refractivity contribution is 6.12. The molecule has 4 aromatic heterocycles. The molecule has 374 valence electrons. The van der Waals surface area contributed by atoms with E-state index in [-0.39, 0.29) is 0 Å². The van der Waals surface area contributed by atoms with Crippen LogP contribution >= 0.6 is 0 Å². The molecule has 0 bridgehead atoms. The van der Waals surface area contributed by atoms with Crippen LogP contribution < -0.4 is 0 Å². The molecule has 13 aromatic rings. The van der Waals surface area contributed by atoms with E-state index in [0.717, 1.165) is 83.1 Å². The third-order valence-electron chi connectivity index (χ3n) is 15.3. The quantitative estimate of drug-likeness (QED) is 0.0904. The fourth-order valence-corrected chi connectivity index (χ4v) is 11.4. The molecule has 0 unspecified atom stereocenters. The highest BCUT2D eigenvalue weighted by atomic mass is 15.0. The second-order valence-corrected chi connectivity index (χ2v) is 20.3. The summed E-state index contributed by atoms with van der Waals surface area (Å²) in [6, 6.07) is 101. The molecule has 0 spiro atoms. The van der Waals surface area contributed by atoms with Gasteiger partial charge in [0.25, 0.3) is 0 Å². The fourth-order valence-electron chi connectivity index (χ4n) is 11.4. The largest absolute Gasteiger partial charge is 0.309 e. The van der Waals surface area contributed by atoms with Gasteiger partial charge in [-0.1, -0.05) is 218 Å². The fraction of sp³-hybridized carbons (Fsp3) is 0.0811. The molecular formula is C74H58N4. The minimum atomic E-state index is 0.845. The van der Waals surface area contributed by atoms with E-state index in [0.29, 0.717) is 0 Å². The van der Waals surface area contributed by atoms with Crippen LogP contribution in [0.2, 0.25) is 0 Å². The zero-order chi connectivity index (χ0) is 52.0. The van der Waals surface area contributed by atoms with Crippen molar-refractivity contribution >= 4 is 21.8 Å². The van der Waals surface area contributed by atoms with E-state index < -0.39 is 0 Å². The van der Waals surface area contributed by atoms with Gasteiger partial charge in [0.2, 0.25) is 0 Å². The lowest BCUT2D eigenvalue weighted by atomic mass is 9.94. The Balaban J connectivity index is 0.791. The zero-order valence-electron chi connectivity index (χ0n) is 43.6. The summed E-state index contributed by atoms with van der Waals surface area (Å²) in [6.45, 7) is 0. The monoisotopic (exact) mass is 1000 g/mol. The highest BCUT2D eigenvalue weighted by Gasteiger charge is 2.19. The maximum atomic E-state index is 5.56. The Kier molecular flexibility index (Phi) is 13.5. The summed E-state index contributed by atoms with van der Waals surface area (Å²) in [4.78, 5) is 11.1. The summed E-state index contributed by atoms with van der Waals surface area (Å²) in [5.74, 6) is 0. The second kappa shape index (κ2) is 21.9. The Labute approximate surface area is 457 Å². The number of benzene rings is 9. The Hall–Kier alpha value is -9.64. The topological polar surface area (TPSA) is 35.6 Å². The van der Waals surface area contributed by atoms with Crippen LogP contribution in [-0.2, 0) is 25.7 Å². The SMILES string of the molecule is c1ccc(-c2cc(CCCc3ccc(-n4c(-c5ccccc5)ccc4-c4ccccc4)cc3)nc3c2ccc2c(-c4ccccc4)cc(CCCc4ccc(-n5c(-c6ccccc6)ccc5-c5ccccc5)cc4)nc23)cc1. The van der Waals surface area contributed by atoms with Crippen molar-refractivity contribution in [3.05, 3.63) is 302 Å². The van der Waals surface area contributed by atoms with E-state index in [1.165, 1.54) is 78.4 Å². The predicted octanol–water partition coefficient (Wildman–Crippen LogP) is 18.7. The average molecular weight is 1000 g/mol. The number of aromatic nitrogens is 4. The molecule has 4 heterocycles. The number of aryl methyl sites for hydroxylation is 4. The molecule has 0 saturated heterocycles. The van der Waals surface area contributed by atoms with Crippen molar-refractivity contribution in [2.24, 2.45) is 0 Å². The molecule has 0 saturated carbocycles. The number of hydrogen-bond donors (Lipinski definition) is 0. The second-order valence-electron chi connectivity index (χ2n) is 20.3. The van der Waals surface area contributed by atoms with Crippen LogP contribution in [0.25, 0.3) is 100 Å². The van der Waals surface area contributed by atoms with E-state index in [9.17, 15) is 0 Å². The Morgan fingerprint density at radius 3 is 0.833 bits per heavy atom. The first-order chi connectivity index (χ1) is 38.7. The van der Waals surface area contributed by atoms with Crippen molar-refractivity contribution in [3.8, 4) is 78.7 Å². The number of rotatable bonds is 16. The van der Waals surface area contributed by atoms with Gasteiger partial charge < -0.3 is 9.13 Å². The van der Waals surface area contributed by atoms with Crippen LogP contribution in [0.4, 0.5) is 0 Å². The molecule has 9 aromatic carbocycles. The summed E-state index contributed by atoms with van der Waals surface area (Å²) in [7, 11) is 0. The van der Waals surface area contributed by atoms with Gasteiger partial charge in [0, 0.05) is 33.5 Å². The molecular weight excluding hydrogens is 945 g/mol. The molecule has 78 heavy (non-hydrogen) atoms. The summed E-state index contributed by atoms with van der Waals surface area (Å²) in [5.41, 5.74) is 23.3. The Morgan fingerprint density at radius 1 is 0.256 bits per heavy atom. The van der Waals surface area contributed by atoms with Gasteiger partial charge in [-0.3, -0.25) is 9.97 Å². The third-order valence-corrected chi connectivity index (χ3v) is 15.3. The smallest absolute Gasteiger partial charge is 0.0974 e. The van der Waals surface area contributed by atoms with Crippen LogP contribution in [0.5, 0.6) is 0 Å². The molecule has 0 aliphatic rings. The average Bonchev–Trinajstić information content (AvgIpc) is 4.31. The summed E-state index contributed by atoms with van der Waals surface area (Å²) in [6.07, 6.45) is 5.51. The normalized spacial score (nSPS) is 11.4. The highest BCUT2D eigenvalue weighted by Crippen LogP contribution is 2.39. The first-order valence-electron chi connectivity index (χ1n) is 27.4. The molecule has 0 amide bonds. The minimum absolute atomic E-state index is 0.845. The van der Waals surface area contributed by atoms with Gasteiger partial charge in [-0.2, -0.15) is 0 Å². The molecule has 0 radical (unpaired) electrons. The van der Waals surface area contributed by atoms with Crippen molar-refractivity contribution in [3.63, 3.8) is 0 Å². The van der Waals surface area contributed by atoms with Crippen molar-refractivity contribution in [1.82, 2.24) is 19.1 Å². The van der Waals surface area contributed by atoms with Gasteiger partial charge in [0.1, 0.15) is 0 Å². The van der Waals surface area contributed by atoms with Crippen molar-refractivity contribution in [1.29, 1.82) is 0 Å². The van der Waals surface area contributed by atoms with Gasteiger partial charge in [0.15, 0.2) is 0 Å². The van der Waals surface area contributed by atoms with E-state index >= 15 is 0 Å². The predicted molar refractivity (Wildman–Crippen MR) is 325 cm³/mol. The van der Waals surface area contributed by atoms with Crippen molar-refractivity contribution in [2.75, 3.05) is 0 Å². The molecule has 0 aliphatic carbocycles. The molecule has 0 N–H and O–H groups in total. The summed E-state index contributed by atoms with van der Waals surface area (Å²) in [5, 5.41) is 2.25. The van der Waals surface area contributed by atoms with E-state index in [4.69, 9.17) is 9.97 Å². The van der Waals surface area contributed by atoms with Crippen LogP contribution in [-0.4, -0.2) is 19.1 Å². The molecule has 0 fully saturated rings. The molecule has 0 atom stereocenters. The lowest BCUT2D eigenvalue weighted by Gasteiger charge is -2.16. The molecule has 13 rings (SSSR count). The summed E-state index contributed by atoms with van der Waals surface area (Å²) >= 11 is 0. The van der Waals surface area contributed by atoms with Gasteiger partial charge in [-0.05, 0) is 155 Å². The number of fused-ring (bicyclic) bond motifs is 3. The molecule has 4 nitrogen and oxygen atoms in total. The number of nitrogens with zero attached hydrogens (tertiary/aromatic N) is 4. The zero-order valence-corrected chi connectivity index (χ0v) is 43.6. The van der Waals surface area contributed by atoms with E-state index in [1.807, 2.05) is 0 Å². The van der Waals surface area contributed by atoms with Gasteiger partial charge in [-0.15, -0.1) is 0 Å². The maximum absolute atomic E-state index is 5.56. The number of hydrogen-bond acceptors (Lipinski definition) is 2. The number of pyridine rings is 2. The first-order valence-corrected chi connectivity index (χ1v) is 27.4. The van der Waals surface area contributed by atoms with Gasteiger partial charge in [-0.25, -0.2) is 0 Å². The third kappa shape index (κ3) is 9.88. The molecule has 4 heteroatoms. The van der Waals surface area contributed by atoms with Crippen LogP contribution in [0, 0.1) is 0 Å². The van der Waals surface area contributed by atoms with E-state index in [2.05, 4.69) is 288 Å². The van der Waals surface area contributed by atoms with Gasteiger partial charge in [0.05, 0.1) is 33.8 Å². The Morgan fingerprint density at radius 2 is 0.538 bits per heavy atom. The van der Waals surface area contributed by atoms with Crippen LogP contribution in [0.15, 0.2) is 279 Å². The van der Waals surface area contributed by atoms with Crippen LogP contribution in [0.3, 0.4) is 0 Å². The Bertz CT molecular complexity index is 3740. The maximum Gasteiger partial charge on any atom is 0.0974 e. The summed E-state index contributed by atoms with van der Waals surface area (Å²) < 4.78 is 4.77. The first kappa shape index (κ1) is 48.0. The lowest BCUT2D eigenvalue weighted by molar-refractivity contribution is 0.801. The molecule has 0 aliphatic heterocycles. The lowest BCUT2D eigenvalue weighted by Crippen LogP contribution is -2.01. The van der Waals surface area contributed by atoms with E-state index in [1.54, 1.807) is 0 Å². The van der Waals surface area contributed by atoms with Crippen LogP contribution in [0.1, 0.15) is 35.4 Å². The van der Waals surface area contributed by atoms with Crippen molar-refractivity contribution < 1.29 is 0 Å². The minimum Gasteiger partial charge on any atom is -0.309 e. The standard InChI is InChI=1S/C74H58N4/c1-7-23-55(24-8-1)67-51-61(35-19-21-53-37-41-63(42-38-53)77-69(57-27-11-3-12-28-57)47-48-70(77)58-29-13-4-14-30-58)75-73-65(67)45-46-66-68(56-25-9-2-10-26-56)52-62(76-74(66)73)36-20-22-54-39-43-64(44-40-54)78-71(59-31-15-5-16-32-59)49-50-72(78)60-33-17-6-18-34-60/h1-18,23-34,37-52H,19-22,35-36H2. The van der Waals surface area contributed by atoms with Crippen molar-refractivity contribution in [2.45, 2.75) is 38.5 Å². The van der Waals surface area contributed by atoms with Gasteiger partial charge >= 0.3 is 0 Å².